The minimum atomic E-state index is -0.407. The standard InChI is InChI=1S/C23H17NO4/c1-27-23(26)19-7-2-5-17(15-19)10-11-18-6-3-8-20(16-18)24-22(25)13-12-21-9-4-14-28-21/h2-9,12-16H,1H3,(H,24,25)/b13-12+. The van der Waals surface area contributed by atoms with E-state index in [0.29, 0.717) is 22.6 Å². The average Bonchev–Trinajstić information content (AvgIpc) is 3.24. The first-order valence-electron chi connectivity index (χ1n) is 8.47. The van der Waals surface area contributed by atoms with Crippen LogP contribution in [0.5, 0.6) is 0 Å². The summed E-state index contributed by atoms with van der Waals surface area (Å²) in [5.74, 6) is 5.96. The van der Waals surface area contributed by atoms with Crippen LogP contribution in [-0.2, 0) is 9.53 Å². The minimum absolute atomic E-state index is 0.271. The van der Waals surface area contributed by atoms with Crippen LogP contribution in [0.4, 0.5) is 5.69 Å². The number of carbonyl (C=O) groups is 2. The fourth-order valence-electron chi connectivity index (χ4n) is 2.39. The SMILES string of the molecule is COC(=O)c1cccc(C#Cc2cccc(NC(=O)/C=C/c3ccco3)c2)c1. The molecule has 0 radical (unpaired) electrons. The highest BCUT2D eigenvalue weighted by Gasteiger charge is 2.04. The van der Waals surface area contributed by atoms with Crippen LogP contribution in [0.3, 0.4) is 0 Å². The summed E-state index contributed by atoms with van der Waals surface area (Å²) in [5, 5.41) is 2.78. The molecule has 0 unspecified atom stereocenters. The van der Waals surface area contributed by atoms with Gasteiger partial charge in [0.25, 0.3) is 0 Å². The third-order valence-corrected chi connectivity index (χ3v) is 3.71. The van der Waals surface area contributed by atoms with Gasteiger partial charge in [-0.1, -0.05) is 24.0 Å². The first-order valence-corrected chi connectivity index (χ1v) is 8.47. The Balaban J connectivity index is 1.70. The number of carbonyl (C=O) groups excluding carboxylic acids is 2. The van der Waals surface area contributed by atoms with Gasteiger partial charge in [0, 0.05) is 22.9 Å². The third-order valence-electron chi connectivity index (χ3n) is 3.71. The number of methoxy groups -OCH3 is 1. The van der Waals surface area contributed by atoms with Crippen molar-refractivity contribution >= 4 is 23.6 Å². The number of anilines is 1. The minimum Gasteiger partial charge on any atom is -0.465 e. The summed E-state index contributed by atoms with van der Waals surface area (Å²) in [6.45, 7) is 0. The predicted octanol–water partition coefficient (Wildman–Crippen LogP) is 4.12. The van der Waals surface area contributed by atoms with Gasteiger partial charge >= 0.3 is 5.97 Å². The van der Waals surface area contributed by atoms with E-state index >= 15 is 0 Å². The molecule has 1 aromatic heterocycles. The molecule has 0 aliphatic rings. The molecular weight excluding hydrogens is 354 g/mol. The summed E-state index contributed by atoms with van der Waals surface area (Å²) in [4.78, 5) is 23.6. The van der Waals surface area contributed by atoms with Crippen molar-refractivity contribution in [2.24, 2.45) is 0 Å². The Bertz CT molecular complexity index is 1070. The fourth-order valence-corrected chi connectivity index (χ4v) is 2.39. The Morgan fingerprint density at radius 1 is 1.00 bits per heavy atom. The largest absolute Gasteiger partial charge is 0.465 e. The Morgan fingerprint density at radius 2 is 1.75 bits per heavy atom. The topological polar surface area (TPSA) is 68.5 Å². The second-order valence-electron chi connectivity index (χ2n) is 5.74. The molecule has 1 amide bonds. The molecule has 3 aromatic rings. The molecule has 1 N–H and O–H groups in total. The third kappa shape index (κ3) is 5.23. The number of nitrogens with one attached hydrogen (secondary N) is 1. The van der Waals surface area contributed by atoms with Gasteiger partial charge in [-0.2, -0.15) is 0 Å². The van der Waals surface area contributed by atoms with Crippen molar-refractivity contribution in [3.05, 3.63) is 95.5 Å². The van der Waals surface area contributed by atoms with Gasteiger partial charge in [-0.25, -0.2) is 4.79 Å². The van der Waals surface area contributed by atoms with E-state index in [1.807, 2.05) is 12.1 Å². The lowest BCUT2D eigenvalue weighted by Gasteiger charge is -2.02. The van der Waals surface area contributed by atoms with Crippen LogP contribution in [0.2, 0.25) is 0 Å². The Labute approximate surface area is 162 Å². The number of ether oxygens (including phenoxy) is 1. The number of benzene rings is 2. The molecule has 2 aromatic carbocycles. The summed E-state index contributed by atoms with van der Waals surface area (Å²) in [6, 6.07) is 17.6. The highest BCUT2D eigenvalue weighted by atomic mass is 16.5. The normalized spacial score (nSPS) is 10.2. The first-order chi connectivity index (χ1) is 13.6. The summed E-state index contributed by atoms with van der Waals surface area (Å²) in [7, 11) is 1.34. The quantitative estimate of drug-likeness (QED) is 0.426. The molecule has 5 heteroatoms. The molecule has 0 saturated heterocycles. The molecule has 1 heterocycles. The van der Waals surface area contributed by atoms with E-state index < -0.39 is 5.97 Å². The van der Waals surface area contributed by atoms with Crippen LogP contribution in [0.25, 0.3) is 6.08 Å². The highest BCUT2D eigenvalue weighted by Crippen LogP contribution is 2.11. The molecule has 0 spiro atoms. The summed E-state index contributed by atoms with van der Waals surface area (Å²) < 4.78 is 9.85. The van der Waals surface area contributed by atoms with Crippen molar-refractivity contribution in [2.45, 2.75) is 0 Å². The van der Waals surface area contributed by atoms with Crippen molar-refractivity contribution in [2.75, 3.05) is 12.4 Å². The van der Waals surface area contributed by atoms with Crippen LogP contribution in [0.15, 0.2) is 77.4 Å². The molecule has 0 fully saturated rings. The molecule has 138 valence electrons. The lowest BCUT2D eigenvalue weighted by molar-refractivity contribution is -0.111. The zero-order valence-corrected chi connectivity index (χ0v) is 15.1. The number of rotatable bonds is 4. The van der Waals surface area contributed by atoms with Crippen LogP contribution >= 0.6 is 0 Å². The molecule has 0 aliphatic heterocycles. The number of hydrogen-bond donors (Lipinski definition) is 1. The van der Waals surface area contributed by atoms with Gasteiger partial charge in [0.1, 0.15) is 5.76 Å². The number of esters is 1. The summed E-state index contributed by atoms with van der Waals surface area (Å²) in [5.41, 5.74) is 2.50. The van der Waals surface area contributed by atoms with Crippen molar-refractivity contribution < 1.29 is 18.7 Å². The first kappa shape index (κ1) is 18.7. The number of hydrogen-bond acceptors (Lipinski definition) is 4. The van der Waals surface area contributed by atoms with Gasteiger partial charge in [0.2, 0.25) is 5.91 Å². The van der Waals surface area contributed by atoms with Crippen molar-refractivity contribution in [3.63, 3.8) is 0 Å². The average molecular weight is 371 g/mol. The zero-order valence-electron chi connectivity index (χ0n) is 15.1. The van der Waals surface area contributed by atoms with Crippen molar-refractivity contribution in [3.8, 4) is 11.8 Å². The van der Waals surface area contributed by atoms with Crippen LogP contribution in [0.1, 0.15) is 27.2 Å². The lowest BCUT2D eigenvalue weighted by Crippen LogP contribution is -2.07. The van der Waals surface area contributed by atoms with Gasteiger partial charge < -0.3 is 14.5 Å². The van der Waals surface area contributed by atoms with E-state index in [-0.39, 0.29) is 5.91 Å². The van der Waals surface area contributed by atoms with Crippen molar-refractivity contribution in [1.82, 2.24) is 0 Å². The Hall–Kier alpha value is -4.04. The Morgan fingerprint density at radius 3 is 2.46 bits per heavy atom. The van der Waals surface area contributed by atoms with Gasteiger partial charge in [-0.15, -0.1) is 0 Å². The maximum atomic E-state index is 12.0. The van der Waals surface area contributed by atoms with E-state index in [4.69, 9.17) is 9.15 Å². The van der Waals surface area contributed by atoms with E-state index in [1.54, 1.807) is 60.9 Å². The number of furan rings is 1. The van der Waals surface area contributed by atoms with Gasteiger partial charge in [-0.05, 0) is 54.6 Å². The monoisotopic (exact) mass is 371 g/mol. The van der Waals surface area contributed by atoms with Crippen LogP contribution in [0, 0.1) is 11.8 Å². The second kappa shape index (κ2) is 9.06. The lowest BCUT2D eigenvalue weighted by atomic mass is 10.1. The summed E-state index contributed by atoms with van der Waals surface area (Å²) in [6.07, 6.45) is 4.53. The highest BCUT2D eigenvalue weighted by molar-refractivity contribution is 6.01. The molecule has 0 saturated carbocycles. The molecule has 5 nitrogen and oxygen atoms in total. The Kier molecular flexibility index (Phi) is 6.06. The zero-order chi connectivity index (χ0) is 19.8. The maximum Gasteiger partial charge on any atom is 0.337 e. The van der Waals surface area contributed by atoms with Crippen LogP contribution in [-0.4, -0.2) is 19.0 Å². The molecule has 0 bridgehead atoms. The smallest absolute Gasteiger partial charge is 0.337 e. The van der Waals surface area contributed by atoms with Crippen LogP contribution < -0.4 is 5.32 Å². The molecule has 0 aliphatic carbocycles. The van der Waals surface area contributed by atoms with E-state index in [2.05, 4.69) is 17.2 Å². The predicted molar refractivity (Wildman–Crippen MR) is 107 cm³/mol. The van der Waals surface area contributed by atoms with E-state index in [0.717, 1.165) is 5.56 Å². The second-order valence-corrected chi connectivity index (χ2v) is 5.74. The van der Waals surface area contributed by atoms with E-state index in [9.17, 15) is 9.59 Å². The number of amides is 1. The molecule has 3 rings (SSSR count). The molecular formula is C23H17NO4. The summed E-state index contributed by atoms with van der Waals surface area (Å²) >= 11 is 0. The van der Waals surface area contributed by atoms with E-state index in [1.165, 1.54) is 13.2 Å². The maximum absolute atomic E-state index is 12.0. The van der Waals surface area contributed by atoms with Crippen molar-refractivity contribution in [1.29, 1.82) is 0 Å². The van der Waals surface area contributed by atoms with Gasteiger partial charge in [0.05, 0.1) is 18.9 Å². The molecule has 0 atom stereocenters. The molecule has 28 heavy (non-hydrogen) atoms. The van der Waals surface area contributed by atoms with Gasteiger partial charge in [-0.3, -0.25) is 4.79 Å². The van der Waals surface area contributed by atoms with Gasteiger partial charge in [0.15, 0.2) is 0 Å². The fraction of sp³-hybridized carbons (Fsp3) is 0.0435.